The van der Waals surface area contributed by atoms with Crippen molar-refractivity contribution >= 4 is 58.5 Å². The smallest absolute Gasteiger partial charge is 0.846 e. The monoisotopic (exact) mass is 799 g/mol. The van der Waals surface area contributed by atoms with Gasteiger partial charge in [0.1, 0.15) is 0 Å². The number of methoxy groups -OCH3 is 2. The molecule has 43 heavy (non-hydrogen) atoms. The molecule has 0 fully saturated rings. The first-order valence-electron chi connectivity index (χ1n) is 12.9. The summed E-state index contributed by atoms with van der Waals surface area (Å²) in [5, 5.41) is 38.6. The second-order valence-electron chi connectivity index (χ2n) is 8.73. The number of nitrogens with zero attached hydrogens (tertiary/aromatic N) is 2. The van der Waals surface area contributed by atoms with Crippen LogP contribution in [0.15, 0.2) is 118 Å². The van der Waals surface area contributed by atoms with Crippen molar-refractivity contribution in [3.63, 3.8) is 0 Å². The summed E-state index contributed by atoms with van der Waals surface area (Å²) in [6.45, 7) is 0. The zero-order chi connectivity index (χ0) is 30.2. The molecule has 0 spiro atoms. The van der Waals surface area contributed by atoms with E-state index in [1.54, 1.807) is 36.5 Å². The summed E-state index contributed by atoms with van der Waals surface area (Å²) in [6.07, 6.45) is 10.5. The number of thiocarbonyl (C=S) groups is 2. The maximum atomic E-state index is 12.0. The largest absolute Gasteiger partial charge is 2.00 e. The van der Waals surface area contributed by atoms with Crippen molar-refractivity contribution in [3.8, 4) is 0 Å². The minimum Gasteiger partial charge on any atom is -0.846 e. The Morgan fingerprint density at radius 1 is 0.698 bits per heavy atom. The Hall–Kier alpha value is -3.35. The van der Waals surface area contributed by atoms with Crippen LogP contribution >= 0.6 is 24.4 Å². The van der Waals surface area contributed by atoms with Crippen LogP contribution in [0.1, 0.15) is 0 Å². The molecule has 4 unspecified atom stereocenters. The van der Waals surface area contributed by atoms with E-state index in [1.807, 2.05) is 60.7 Å². The molecule has 0 heterocycles. The molecule has 228 valence electrons. The number of hydrazone groups is 2. The van der Waals surface area contributed by atoms with Gasteiger partial charge in [-0.1, -0.05) is 85.1 Å². The number of hydrogen-bond acceptors (Lipinski definition) is 8. The Morgan fingerprint density at radius 3 is 1.42 bits per heavy atom. The zero-order valence-corrected chi connectivity index (χ0v) is 27.3. The molecular weight excluding hydrogens is 768 g/mol. The van der Waals surface area contributed by atoms with Crippen LogP contribution < -0.4 is 31.7 Å². The number of ether oxygens (including phenoxy) is 2. The molecular formula is C30H32N6O4PtS2. The number of para-hydroxylation sites is 2. The number of rotatable bonds is 8. The molecule has 0 bridgehead atoms. The summed E-state index contributed by atoms with van der Waals surface area (Å²) in [7, 11) is 3.02. The predicted octanol–water partition coefficient (Wildman–Crippen LogP) is 2.40. The first-order valence-corrected chi connectivity index (χ1v) is 13.7. The fourth-order valence-corrected chi connectivity index (χ4v) is 3.99. The van der Waals surface area contributed by atoms with Gasteiger partial charge in [-0.3, -0.25) is 10.9 Å². The fourth-order valence-electron chi connectivity index (χ4n) is 3.65. The summed E-state index contributed by atoms with van der Waals surface area (Å²) in [4.78, 5) is 0. The second-order valence-corrected chi connectivity index (χ2v) is 9.54. The van der Waals surface area contributed by atoms with Crippen molar-refractivity contribution in [2.45, 2.75) is 24.4 Å². The van der Waals surface area contributed by atoms with E-state index in [1.165, 1.54) is 26.6 Å². The molecule has 2 aromatic rings. The molecule has 0 aromatic heterocycles. The van der Waals surface area contributed by atoms with Gasteiger partial charge in [-0.25, -0.2) is 0 Å². The van der Waals surface area contributed by atoms with Crippen molar-refractivity contribution < 1.29 is 40.8 Å². The fraction of sp³-hybridized carbons (Fsp3) is 0.200. The van der Waals surface area contributed by atoms with Crippen LogP contribution in [0.3, 0.4) is 0 Å². The van der Waals surface area contributed by atoms with E-state index in [-0.39, 0.29) is 21.1 Å². The standard InChI is InChI=1S/2C15H16N3O2S.Pt/c2*1-20-13-9-5-6-11(14(13)19)10-16-18-15(21)17-12-7-3-2-4-8-12;/h2*2-10,13-14H,1H3,(H2,17,18,21);/q2*-1;+2/b2*16-10-;. The van der Waals surface area contributed by atoms with E-state index < -0.39 is 24.4 Å². The van der Waals surface area contributed by atoms with Gasteiger partial charge in [-0.15, -0.1) is 0 Å². The summed E-state index contributed by atoms with van der Waals surface area (Å²) in [5.41, 5.74) is 8.17. The molecule has 0 radical (unpaired) electrons. The third-order valence-corrected chi connectivity index (χ3v) is 6.19. The van der Waals surface area contributed by atoms with Crippen molar-refractivity contribution in [1.29, 1.82) is 0 Å². The van der Waals surface area contributed by atoms with Gasteiger partial charge in [0.25, 0.3) is 0 Å². The number of nitrogens with one attached hydrogen (secondary N) is 4. The van der Waals surface area contributed by atoms with Crippen LogP contribution in [0.25, 0.3) is 0 Å². The summed E-state index contributed by atoms with van der Waals surface area (Å²) >= 11 is 10.2. The number of allylic oxidation sites excluding steroid dienone is 4. The van der Waals surface area contributed by atoms with E-state index in [0.29, 0.717) is 21.4 Å². The van der Waals surface area contributed by atoms with Crippen LogP contribution in [-0.2, 0) is 30.5 Å². The summed E-state index contributed by atoms with van der Waals surface area (Å²) in [6, 6.07) is 19.0. The van der Waals surface area contributed by atoms with Gasteiger partial charge in [0.05, 0.1) is 12.2 Å². The third kappa shape index (κ3) is 12.4. The molecule has 0 aliphatic heterocycles. The molecule has 4 rings (SSSR count). The maximum Gasteiger partial charge on any atom is 2.00 e. The van der Waals surface area contributed by atoms with E-state index in [2.05, 4.69) is 31.7 Å². The average molecular weight is 800 g/mol. The Balaban J connectivity index is 0.000000293. The van der Waals surface area contributed by atoms with Crippen molar-refractivity contribution in [1.82, 2.24) is 10.9 Å². The van der Waals surface area contributed by atoms with Gasteiger partial charge < -0.3 is 30.3 Å². The predicted molar refractivity (Wildman–Crippen MR) is 172 cm³/mol. The van der Waals surface area contributed by atoms with Crippen LogP contribution in [0, 0.1) is 0 Å². The van der Waals surface area contributed by atoms with Gasteiger partial charge in [0.15, 0.2) is 10.2 Å². The normalized spacial score (nSPS) is 20.7. The molecule has 2 aliphatic carbocycles. The average Bonchev–Trinajstić information content (AvgIpc) is 3.00. The number of benzene rings is 2. The number of hydrogen-bond donors (Lipinski definition) is 4. The Bertz CT molecular complexity index is 1250. The molecule has 2 aliphatic rings. The van der Waals surface area contributed by atoms with Crippen molar-refractivity contribution in [2.75, 3.05) is 24.9 Å². The summed E-state index contributed by atoms with van der Waals surface area (Å²) < 4.78 is 10.2. The molecule has 0 amide bonds. The van der Waals surface area contributed by atoms with Crippen LogP contribution in [0.5, 0.6) is 0 Å². The van der Waals surface area contributed by atoms with E-state index in [9.17, 15) is 10.2 Å². The van der Waals surface area contributed by atoms with E-state index in [4.69, 9.17) is 33.9 Å². The van der Waals surface area contributed by atoms with Crippen molar-refractivity contribution in [3.05, 3.63) is 108 Å². The molecule has 0 saturated heterocycles. The molecule has 4 atom stereocenters. The summed E-state index contributed by atoms with van der Waals surface area (Å²) in [5.74, 6) is 0. The van der Waals surface area contributed by atoms with Gasteiger partial charge >= 0.3 is 21.1 Å². The Morgan fingerprint density at radius 2 is 1.07 bits per heavy atom. The van der Waals surface area contributed by atoms with E-state index in [0.717, 1.165) is 11.4 Å². The molecule has 0 saturated carbocycles. The van der Waals surface area contributed by atoms with Crippen LogP contribution in [-0.4, -0.2) is 61.3 Å². The number of anilines is 2. The minimum absolute atomic E-state index is 0. The maximum absolute atomic E-state index is 12.0. The van der Waals surface area contributed by atoms with Gasteiger partial charge in [0.2, 0.25) is 0 Å². The molecule has 2 aromatic carbocycles. The molecule has 4 N–H and O–H groups in total. The van der Waals surface area contributed by atoms with Gasteiger partial charge in [-0.2, -0.15) is 10.2 Å². The minimum atomic E-state index is -0.985. The van der Waals surface area contributed by atoms with Gasteiger partial charge in [-0.05, 0) is 59.8 Å². The Labute approximate surface area is 276 Å². The topological polar surface area (TPSA) is 137 Å². The van der Waals surface area contributed by atoms with E-state index >= 15 is 0 Å². The third-order valence-electron chi connectivity index (χ3n) is 5.80. The zero-order valence-electron chi connectivity index (χ0n) is 23.4. The first kappa shape index (κ1) is 35.8. The molecule has 13 heteroatoms. The van der Waals surface area contributed by atoms with Crippen LogP contribution in [0.2, 0.25) is 0 Å². The Kier molecular flexibility index (Phi) is 16.5. The van der Waals surface area contributed by atoms with Gasteiger partial charge in [0, 0.05) is 38.0 Å². The first-order chi connectivity index (χ1) is 20.4. The second kappa shape index (κ2) is 19.8. The van der Waals surface area contributed by atoms with Crippen LogP contribution in [0.4, 0.5) is 11.4 Å². The molecule has 10 nitrogen and oxygen atoms in total. The van der Waals surface area contributed by atoms with Crippen molar-refractivity contribution in [2.24, 2.45) is 10.2 Å². The quantitative estimate of drug-likeness (QED) is 0.179. The SMILES string of the molecule is COC1C=CC=C(/C=N\NC(=S)Nc2ccccc2)C1[O-].COC1C=CC=C(/C=N\NC(=S)Nc2ccccc2)C1[O-].[Pt+2].